The molecule has 7 N–H and O–H groups in total. The minimum absolute atomic E-state index is 0.100. The minimum Gasteiger partial charge on any atom is -0.507 e. The molecule has 11 heteroatoms. The second-order valence-electron chi connectivity index (χ2n) is 12.5. The highest BCUT2D eigenvalue weighted by Gasteiger charge is 2.36. The van der Waals surface area contributed by atoms with E-state index in [9.17, 15) is 9.90 Å². The number of allylic oxidation sites excluding steroid dienone is 1. The number of ether oxygens (including phenoxy) is 1. The van der Waals surface area contributed by atoms with Gasteiger partial charge in [0.15, 0.2) is 0 Å². The molecule has 2 aromatic rings. The van der Waals surface area contributed by atoms with Gasteiger partial charge in [-0.2, -0.15) is 0 Å². The number of aromatic hydroxyl groups is 1. The summed E-state index contributed by atoms with van der Waals surface area (Å²) in [6.45, 7) is 12.6. The first-order valence-electron chi connectivity index (χ1n) is 15.3. The van der Waals surface area contributed by atoms with Crippen LogP contribution in [0.5, 0.6) is 5.75 Å². The van der Waals surface area contributed by atoms with Gasteiger partial charge in [-0.1, -0.05) is 26.0 Å². The lowest BCUT2D eigenvalue weighted by atomic mass is 9.91. The van der Waals surface area contributed by atoms with E-state index in [0.717, 1.165) is 31.2 Å². The topological polar surface area (TPSA) is 160 Å². The molecule has 2 aliphatic rings. The number of nitrogens with zero attached hydrogens (tertiary/aromatic N) is 5. The number of carbonyl (C=O) groups is 1. The molecule has 2 saturated heterocycles. The van der Waals surface area contributed by atoms with E-state index in [2.05, 4.69) is 23.6 Å². The van der Waals surface area contributed by atoms with Crippen molar-refractivity contribution in [2.45, 2.75) is 83.9 Å². The van der Waals surface area contributed by atoms with E-state index in [1.165, 1.54) is 0 Å². The second-order valence-corrected chi connectivity index (χ2v) is 12.5. The monoisotopic (exact) mass is 592 g/mol. The zero-order valence-corrected chi connectivity index (χ0v) is 26.2. The van der Waals surface area contributed by atoms with Crippen molar-refractivity contribution in [1.29, 1.82) is 0 Å². The van der Waals surface area contributed by atoms with Crippen LogP contribution in [0, 0.1) is 0 Å². The van der Waals surface area contributed by atoms with Crippen LogP contribution in [0.3, 0.4) is 0 Å². The molecule has 3 heterocycles. The van der Waals surface area contributed by atoms with Gasteiger partial charge in [0.25, 0.3) is 0 Å². The maximum Gasteiger partial charge on any atom is 0.410 e. The summed E-state index contributed by atoms with van der Waals surface area (Å²) in [7, 11) is 0. The maximum atomic E-state index is 12.5. The normalized spacial score (nSPS) is 20.2. The van der Waals surface area contributed by atoms with Crippen LogP contribution in [-0.2, 0) is 4.74 Å². The quantitative estimate of drug-likeness (QED) is 0.345. The van der Waals surface area contributed by atoms with Crippen molar-refractivity contribution in [3.63, 3.8) is 0 Å². The fourth-order valence-corrected chi connectivity index (χ4v) is 5.93. The Hall–Kier alpha value is -4.15. The molecule has 0 radical (unpaired) electrons. The molecule has 4 rings (SSSR count). The van der Waals surface area contributed by atoms with Crippen molar-refractivity contribution in [3.8, 4) is 5.75 Å². The van der Waals surface area contributed by atoms with Gasteiger partial charge in [0.05, 0.1) is 5.70 Å². The Morgan fingerprint density at radius 1 is 1.00 bits per heavy atom. The molecular weight excluding hydrogens is 544 g/mol. The number of phenols is 1. The predicted molar refractivity (Wildman–Crippen MR) is 170 cm³/mol. The first kappa shape index (κ1) is 31.8. The van der Waals surface area contributed by atoms with Crippen LogP contribution in [0.15, 0.2) is 54.3 Å². The van der Waals surface area contributed by atoms with Crippen LogP contribution in [0.4, 0.5) is 10.7 Å². The Morgan fingerprint density at radius 3 is 2.09 bits per heavy atom. The largest absolute Gasteiger partial charge is 0.507 e. The van der Waals surface area contributed by atoms with Gasteiger partial charge >= 0.3 is 6.09 Å². The molecule has 2 unspecified atom stereocenters. The van der Waals surface area contributed by atoms with Crippen LogP contribution < -0.4 is 22.1 Å². The third kappa shape index (κ3) is 7.63. The van der Waals surface area contributed by atoms with Crippen LogP contribution in [0.25, 0.3) is 5.70 Å². The lowest BCUT2D eigenvalue weighted by Gasteiger charge is -2.48. The van der Waals surface area contributed by atoms with Gasteiger partial charge in [-0.05, 0) is 76.1 Å². The van der Waals surface area contributed by atoms with E-state index in [-0.39, 0.29) is 29.7 Å². The Balaban J connectivity index is 1.47. The summed E-state index contributed by atoms with van der Waals surface area (Å²) in [4.78, 5) is 28.4. The SMILES string of the molecule is CCC1CN(C(/C=C(\N)c2ccccc2O)=C(N)N)CC(CC)N1c1ncc(C2CCN(C(=O)OC(C)(C)C)CC2)cn1. The number of rotatable bonds is 7. The highest BCUT2D eigenvalue weighted by molar-refractivity contribution is 5.70. The minimum atomic E-state index is -0.499. The van der Waals surface area contributed by atoms with Crippen molar-refractivity contribution in [2.75, 3.05) is 31.1 Å². The highest BCUT2D eigenvalue weighted by Crippen LogP contribution is 2.32. The number of para-hydroxylation sites is 1. The van der Waals surface area contributed by atoms with Crippen molar-refractivity contribution in [1.82, 2.24) is 19.8 Å². The number of benzene rings is 1. The summed E-state index contributed by atoms with van der Waals surface area (Å²) in [6.07, 6.45) is 8.83. The number of aromatic nitrogens is 2. The molecule has 1 aromatic carbocycles. The number of anilines is 1. The Labute approximate surface area is 255 Å². The molecule has 0 saturated carbocycles. The smallest absolute Gasteiger partial charge is 0.410 e. The molecule has 234 valence electrons. The third-order valence-electron chi connectivity index (χ3n) is 8.24. The first-order valence-corrected chi connectivity index (χ1v) is 15.3. The van der Waals surface area contributed by atoms with Gasteiger partial charge in [0.1, 0.15) is 17.2 Å². The number of hydrogen-bond donors (Lipinski definition) is 4. The molecule has 2 aliphatic heterocycles. The lowest BCUT2D eigenvalue weighted by Crippen LogP contribution is -2.59. The summed E-state index contributed by atoms with van der Waals surface area (Å²) >= 11 is 0. The third-order valence-corrected chi connectivity index (χ3v) is 8.24. The van der Waals surface area contributed by atoms with Crippen LogP contribution >= 0.6 is 0 Å². The summed E-state index contributed by atoms with van der Waals surface area (Å²) in [5.41, 5.74) is 20.9. The predicted octanol–water partition coefficient (Wildman–Crippen LogP) is 4.06. The average molecular weight is 593 g/mol. The molecule has 0 aliphatic carbocycles. The van der Waals surface area contributed by atoms with Crippen molar-refractivity contribution in [2.24, 2.45) is 17.2 Å². The zero-order valence-electron chi connectivity index (χ0n) is 26.2. The van der Waals surface area contributed by atoms with Crippen LogP contribution in [0.2, 0.25) is 0 Å². The number of carbonyl (C=O) groups excluding carboxylic acids is 1. The van der Waals surface area contributed by atoms with Gasteiger partial charge in [0.2, 0.25) is 5.95 Å². The van der Waals surface area contributed by atoms with Crippen LogP contribution in [-0.4, -0.2) is 74.8 Å². The summed E-state index contributed by atoms with van der Waals surface area (Å²) < 4.78 is 5.54. The fourth-order valence-electron chi connectivity index (χ4n) is 5.93. The van der Waals surface area contributed by atoms with Crippen molar-refractivity contribution in [3.05, 3.63) is 65.4 Å². The first-order chi connectivity index (χ1) is 20.4. The Bertz CT molecular complexity index is 1290. The fraction of sp³-hybridized carbons (Fsp3) is 0.531. The lowest BCUT2D eigenvalue weighted by molar-refractivity contribution is 0.0204. The highest BCUT2D eigenvalue weighted by atomic mass is 16.6. The van der Waals surface area contributed by atoms with Gasteiger partial charge in [-0.15, -0.1) is 0 Å². The summed E-state index contributed by atoms with van der Waals surface area (Å²) in [5.74, 6) is 1.29. The molecule has 0 spiro atoms. The van der Waals surface area contributed by atoms with Gasteiger partial charge in [-0.25, -0.2) is 14.8 Å². The Morgan fingerprint density at radius 2 is 1.58 bits per heavy atom. The molecule has 0 bridgehead atoms. The van der Waals surface area contributed by atoms with E-state index in [4.69, 9.17) is 31.9 Å². The molecular formula is C32H48N8O3. The van der Waals surface area contributed by atoms with Gasteiger partial charge in [0, 0.05) is 61.9 Å². The van der Waals surface area contributed by atoms with E-state index in [1.54, 1.807) is 29.2 Å². The number of piperazine rings is 1. The molecule has 2 atom stereocenters. The molecule has 11 nitrogen and oxygen atoms in total. The number of piperidine rings is 1. The number of amides is 1. The maximum absolute atomic E-state index is 12.5. The van der Waals surface area contributed by atoms with Crippen molar-refractivity contribution >= 4 is 17.7 Å². The van der Waals surface area contributed by atoms with E-state index in [1.807, 2.05) is 39.2 Å². The van der Waals surface area contributed by atoms with E-state index < -0.39 is 5.60 Å². The number of hydrogen-bond acceptors (Lipinski definition) is 10. The molecule has 1 aromatic heterocycles. The summed E-state index contributed by atoms with van der Waals surface area (Å²) in [6, 6.07) is 7.18. The summed E-state index contributed by atoms with van der Waals surface area (Å²) in [5, 5.41) is 10.3. The number of likely N-dealkylation sites (tertiary alicyclic amines) is 1. The molecule has 2 fully saturated rings. The second kappa shape index (κ2) is 13.4. The standard InChI is InChI=1S/C32H48N8O3/c1-6-23-19-39(27(29(34)35)16-26(33)25-10-8-9-11-28(25)41)20-24(7-2)40(23)30-36-17-22(18-37-30)21-12-14-38(15-13-21)31(42)43-32(3,4)5/h8-11,16-18,21,23-24,41H,6-7,12-15,19-20,33-35H2,1-5H3/b26-16-. The number of nitrogens with two attached hydrogens (primary N) is 3. The van der Waals surface area contributed by atoms with Gasteiger partial charge in [-0.3, -0.25) is 0 Å². The van der Waals surface area contributed by atoms with Crippen molar-refractivity contribution < 1.29 is 14.6 Å². The average Bonchev–Trinajstić information content (AvgIpc) is 2.98. The zero-order chi connectivity index (χ0) is 31.3. The molecule has 1 amide bonds. The Kier molecular flexibility index (Phi) is 9.93. The van der Waals surface area contributed by atoms with Crippen LogP contribution in [0.1, 0.15) is 77.3 Å². The van der Waals surface area contributed by atoms with Gasteiger partial charge < -0.3 is 41.7 Å². The van der Waals surface area contributed by atoms with E-state index >= 15 is 0 Å². The molecule has 43 heavy (non-hydrogen) atoms. The van der Waals surface area contributed by atoms with E-state index in [0.29, 0.717) is 55.0 Å². The number of phenolic OH excluding ortho intramolecular Hbond substituents is 1.